The van der Waals surface area contributed by atoms with E-state index in [4.69, 9.17) is 4.74 Å². The van der Waals surface area contributed by atoms with Crippen molar-refractivity contribution >= 4 is 5.82 Å². The molecule has 0 spiro atoms. The fraction of sp³-hybridized carbons (Fsp3) is 0.333. The lowest BCUT2D eigenvalue weighted by Crippen LogP contribution is -2.33. The first-order valence-corrected chi connectivity index (χ1v) is 6.71. The van der Waals surface area contributed by atoms with Crippen LogP contribution < -0.4 is 4.90 Å². The van der Waals surface area contributed by atoms with E-state index in [1.165, 1.54) is 0 Å². The number of rotatable bonds is 2. The third-order valence-corrected chi connectivity index (χ3v) is 3.29. The van der Waals surface area contributed by atoms with Gasteiger partial charge >= 0.3 is 0 Å². The highest BCUT2D eigenvalue weighted by atomic mass is 16.5. The van der Waals surface area contributed by atoms with Gasteiger partial charge in [0.05, 0.1) is 25.0 Å². The van der Waals surface area contributed by atoms with E-state index < -0.39 is 6.10 Å². The molecule has 104 valence electrons. The van der Waals surface area contributed by atoms with Crippen LogP contribution in [-0.2, 0) is 4.74 Å². The van der Waals surface area contributed by atoms with Gasteiger partial charge in [-0.2, -0.15) is 0 Å². The minimum absolute atomic E-state index is 0.382. The summed E-state index contributed by atoms with van der Waals surface area (Å²) in [4.78, 5) is 10.7. The molecule has 1 unspecified atom stereocenters. The number of aliphatic hydroxyl groups excluding tert-OH is 1. The van der Waals surface area contributed by atoms with Crippen LogP contribution in [0.3, 0.4) is 0 Å². The first-order valence-electron chi connectivity index (χ1n) is 6.71. The molecule has 1 saturated heterocycles. The number of benzene rings is 1. The summed E-state index contributed by atoms with van der Waals surface area (Å²) in [5.41, 5.74) is 1.94. The predicted molar refractivity (Wildman–Crippen MR) is 76.5 cm³/mol. The van der Waals surface area contributed by atoms with Crippen LogP contribution in [0.5, 0.6) is 0 Å². The van der Waals surface area contributed by atoms with E-state index in [0.29, 0.717) is 19.8 Å². The van der Waals surface area contributed by atoms with E-state index in [1.807, 2.05) is 41.3 Å². The van der Waals surface area contributed by atoms with Gasteiger partial charge in [-0.1, -0.05) is 30.3 Å². The average Bonchev–Trinajstić information content (AvgIpc) is 2.73. The maximum atomic E-state index is 9.80. The van der Waals surface area contributed by atoms with Gasteiger partial charge in [0.25, 0.3) is 0 Å². The minimum atomic E-state index is -0.479. The lowest BCUT2D eigenvalue weighted by molar-refractivity contribution is 0.0597. The molecular weight excluding hydrogens is 254 g/mol. The third-order valence-electron chi connectivity index (χ3n) is 3.29. The minimum Gasteiger partial charge on any atom is -0.389 e. The molecule has 0 radical (unpaired) electrons. The molecule has 1 atom stereocenters. The van der Waals surface area contributed by atoms with Crippen molar-refractivity contribution in [2.45, 2.75) is 6.10 Å². The smallest absolute Gasteiger partial charge is 0.132 e. The molecule has 2 aromatic rings. The van der Waals surface area contributed by atoms with Gasteiger partial charge < -0.3 is 14.7 Å². The van der Waals surface area contributed by atoms with Gasteiger partial charge in [-0.15, -0.1) is 0 Å². The Morgan fingerprint density at radius 3 is 2.90 bits per heavy atom. The van der Waals surface area contributed by atoms with Crippen LogP contribution in [0.1, 0.15) is 0 Å². The molecule has 1 aromatic carbocycles. The second-order valence-electron chi connectivity index (χ2n) is 4.80. The highest BCUT2D eigenvalue weighted by Gasteiger charge is 2.18. The number of aromatic nitrogens is 2. The van der Waals surface area contributed by atoms with Crippen LogP contribution in [-0.4, -0.2) is 47.5 Å². The van der Waals surface area contributed by atoms with Crippen molar-refractivity contribution < 1.29 is 9.84 Å². The van der Waals surface area contributed by atoms with Crippen LogP contribution in [0.2, 0.25) is 0 Å². The molecule has 1 fully saturated rings. The Balaban J connectivity index is 1.87. The zero-order valence-electron chi connectivity index (χ0n) is 11.1. The van der Waals surface area contributed by atoms with Crippen LogP contribution in [0, 0.1) is 0 Å². The molecule has 5 nitrogen and oxygen atoms in total. The zero-order valence-corrected chi connectivity index (χ0v) is 11.1. The number of nitrogens with zero attached hydrogens (tertiary/aromatic N) is 3. The third kappa shape index (κ3) is 2.95. The lowest BCUT2D eigenvalue weighted by atomic mass is 10.1. The molecule has 0 bridgehead atoms. The van der Waals surface area contributed by atoms with Gasteiger partial charge in [-0.3, -0.25) is 0 Å². The summed E-state index contributed by atoms with van der Waals surface area (Å²) in [5.74, 6) is 0.823. The second kappa shape index (κ2) is 5.98. The highest BCUT2D eigenvalue weighted by Crippen LogP contribution is 2.21. The fourth-order valence-electron chi connectivity index (χ4n) is 2.29. The van der Waals surface area contributed by atoms with Gasteiger partial charge in [0.2, 0.25) is 0 Å². The topological polar surface area (TPSA) is 58.5 Å². The summed E-state index contributed by atoms with van der Waals surface area (Å²) >= 11 is 0. The molecule has 2 heterocycles. The van der Waals surface area contributed by atoms with Gasteiger partial charge in [0, 0.05) is 24.7 Å². The maximum Gasteiger partial charge on any atom is 0.132 e. The Kier molecular flexibility index (Phi) is 3.90. The molecule has 5 heteroatoms. The average molecular weight is 271 g/mol. The van der Waals surface area contributed by atoms with Gasteiger partial charge in [0.1, 0.15) is 12.1 Å². The molecule has 0 saturated carbocycles. The predicted octanol–water partition coefficient (Wildman–Crippen LogP) is 1.34. The number of anilines is 1. The number of β-amino-alcohol motifs (C(OH)–C–C–N with tert-alkyl or cyclic N) is 1. The van der Waals surface area contributed by atoms with Crippen molar-refractivity contribution in [1.29, 1.82) is 0 Å². The summed E-state index contributed by atoms with van der Waals surface area (Å²) in [6.45, 7) is 2.24. The van der Waals surface area contributed by atoms with Crippen molar-refractivity contribution in [3.8, 4) is 11.3 Å². The van der Waals surface area contributed by atoms with Gasteiger partial charge in [0.15, 0.2) is 0 Å². The molecule has 1 aromatic heterocycles. The molecule has 1 N–H and O–H groups in total. The Hall–Kier alpha value is -1.98. The van der Waals surface area contributed by atoms with Crippen molar-refractivity contribution in [3.05, 3.63) is 42.7 Å². The normalized spacial score (nSPS) is 19.6. The Morgan fingerprint density at radius 2 is 2.05 bits per heavy atom. The van der Waals surface area contributed by atoms with Crippen molar-refractivity contribution in [3.63, 3.8) is 0 Å². The molecule has 0 amide bonds. The largest absolute Gasteiger partial charge is 0.389 e. The van der Waals surface area contributed by atoms with Crippen LogP contribution in [0.15, 0.2) is 42.7 Å². The van der Waals surface area contributed by atoms with Crippen LogP contribution >= 0.6 is 0 Å². The van der Waals surface area contributed by atoms with Crippen LogP contribution in [0.25, 0.3) is 11.3 Å². The summed E-state index contributed by atoms with van der Waals surface area (Å²) in [7, 11) is 0. The number of hydrogen-bond acceptors (Lipinski definition) is 5. The van der Waals surface area contributed by atoms with Gasteiger partial charge in [-0.05, 0) is 0 Å². The number of hydrogen-bond donors (Lipinski definition) is 1. The molecule has 20 heavy (non-hydrogen) atoms. The van der Waals surface area contributed by atoms with E-state index >= 15 is 0 Å². The molecule has 0 aliphatic carbocycles. The highest BCUT2D eigenvalue weighted by molar-refractivity contribution is 5.62. The first kappa shape index (κ1) is 13.0. The SMILES string of the molecule is OC1COCCN(c2cc(-c3ccccc3)ncn2)C1. The Bertz CT molecular complexity index is 562. The second-order valence-corrected chi connectivity index (χ2v) is 4.80. The summed E-state index contributed by atoms with van der Waals surface area (Å²) in [6, 6.07) is 11.9. The van der Waals surface area contributed by atoms with Crippen molar-refractivity contribution in [2.24, 2.45) is 0 Å². The lowest BCUT2D eigenvalue weighted by Gasteiger charge is -2.22. The first-order chi connectivity index (χ1) is 9.83. The van der Waals surface area contributed by atoms with E-state index in [9.17, 15) is 5.11 Å². The number of aliphatic hydroxyl groups is 1. The van der Waals surface area contributed by atoms with E-state index in [2.05, 4.69) is 9.97 Å². The Morgan fingerprint density at radius 1 is 1.20 bits per heavy atom. The summed E-state index contributed by atoms with van der Waals surface area (Å²) < 4.78 is 5.34. The summed E-state index contributed by atoms with van der Waals surface area (Å²) in [6.07, 6.45) is 1.09. The van der Waals surface area contributed by atoms with Crippen molar-refractivity contribution in [1.82, 2.24) is 9.97 Å². The summed E-state index contributed by atoms with van der Waals surface area (Å²) in [5, 5.41) is 9.80. The molecule has 1 aliphatic rings. The van der Waals surface area contributed by atoms with Gasteiger partial charge in [-0.25, -0.2) is 9.97 Å². The maximum absolute atomic E-state index is 9.80. The van der Waals surface area contributed by atoms with Crippen molar-refractivity contribution in [2.75, 3.05) is 31.2 Å². The Labute approximate surface area is 117 Å². The van der Waals surface area contributed by atoms with E-state index in [-0.39, 0.29) is 0 Å². The monoisotopic (exact) mass is 271 g/mol. The fourth-order valence-corrected chi connectivity index (χ4v) is 2.29. The molecular formula is C15H17N3O2. The number of ether oxygens (including phenoxy) is 1. The van der Waals surface area contributed by atoms with E-state index in [1.54, 1.807) is 6.33 Å². The zero-order chi connectivity index (χ0) is 13.8. The van der Waals surface area contributed by atoms with E-state index in [0.717, 1.165) is 23.6 Å². The molecule has 1 aliphatic heterocycles. The quantitative estimate of drug-likeness (QED) is 0.893. The molecule has 3 rings (SSSR count). The standard InChI is InChI=1S/C15H17N3O2/c19-13-9-18(6-7-20-10-13)15-8-14(16-11-17-15)12-4-2-1-3-5-12/h1-5,8,11,13,19H,6-7,9-10H2. The van der Waals surface area contributed by atoms with Crippen LogP contribution in [0.4, 0.5) is 5.82 Å².